The van der Waals surface area contributed by atoms with Crippen LogP contribution in [0.25, 0.3) is 0 Å². The van der Waals surface area contributed by atoms with Gasteiger partial charge in [-0.3, -0.25) is 10.1 Å². The van der Waals surface area contributed by atoms with E-state index >= 15 is 0 Å². The molecule has 1 amide bonds. The second kappa shape index (κ2) is 5.00. The molecule has 0 bridgehead atoms. The highest BCUT2D eigenvalue weighted by Gasteiger charge is 2.17. The molecule has 0 unspecified atom stereocenters. The number of hydrogen-bond donors (Lipinski definition) is 3. The van der Waals surface area contributed by atoms with Gasteiger partial charge in [-0.05, 0) is 13.2 Å². The molecule has 0 saturated carbocycles. The highest BCUT2D eigenvalue weighted by Crippen LogP contribution is 2.18. The Hall–Kier alpha value is -2.16. The molecule has 3 N–H and O–H groups in total. The molecule has 8 nitrogen and oxygen atoms in total. The number of aromatic amines is 2. The molecule has 0 radical (unpaired) electrons. The summed E-state index contributed by atoms with van der Waals surface area (Å²) in [6, 6.07) is 0. The van der Waals surface area contributed by atoms with E-state index in [0.717, 1.165) is 0 Å². The Morgan fingerprint density at radius 3 is 2.89 bits per heavy atom. The molecule has 2 heterocycles. The molecule has 0 fully saturated rings. The monoisotopic (exact) mass is 266 g/mol. The molecule has 94 valence electrons. The lowest BCUT2D eigenvalue weighted by atomic mass is 10.2. The van der Waals surface area contributed by atoms with Crippen molar-refractivity contribution < 1.29 is 4.79 Å². The van der Waals surface area contributed by atoms with Crippen molar-refractivity contribution >= 4 is 23.6 Å². The van der Waals surface area contributed by atoms with Gasteiger partial charge in [-0.2, -0.15) is 15.1 Å². The Balaban J connectivity index is 2.38. The number of carbonyl (C=O) groups excluding carboxylic acids is 1. The fourth-order valence-electron chi connectivity index (χ4n) is 1.41. The van der Waals surface area contributed by atoms with Crippen LogP contribution in [0.4, 0.5) is 5.95 Å². The van der Waals surface area contributed by atoms with Gasteiger partial charge in [0.2, 0.25) is 5.95 Å². The number of carbonyl (C=O) groups is 1. The number of H-pyrrole nitrogens is 2. The lowest BCUT2D eigenvalue weighted by Gasteiger charge is -2.08. The van der Waals surface area contributed by atoms with Crippen molar-refractivity contribution in [3.8, 4) is 0 Å². The van der Waals surface area contributed by atoms with Gasteiger partial charge in [0.05, 0.1) is 5.56 Å². The lowest BCUT2D eigenvalue weighted by molar-refractivity contribution is 0.102. The van der Waals surface area contributed by atoms with E-state index in [9.17, 15) is 9.59 Å². The van der Waals surface area contributed by atoms with Gasteiger partial charge >= 0.3 is 5.69 Å². The molecule has 0 aliphatic heterocycles. The molecule has 2 aromatic heterocycles. The van der Waals surface area contributed by atoms with Crippen LogP contribution in [0, 0.1) is 6.92 Å². The predicted octanol–water partition coefficient (Wildman–Crippen LogP) is 0.171. The van der Waals surface area contributed by atoms with Gasteiger partial charge in [0.1, 0.15) is 11.4 Å². The zero-order valence-electron chi connectivity index (χ0n) is 9.64. The van der Waals surface area contributed by atoms with Crippen molar-refractivity contribution in [2.45, 2.75) is 11.9 Å². The molecule has 0 aromatic carbocycles. The minimum atomic E-state index is -0.479. The number of thioether (sulfide) groups is 1. The summed E-state index contributed by atoms with van der Waals surface area (Å²) in [5.41, 5.74) is 0.294. The summed E-state index contributed by atoms with van der Waals surface area (Å²) in [5, 5.41) is 9.03. The van der Waals surface area contributed by atoms with Crippen LogP contribution in [0.1, 0.15) is 16.1 Å². The number of anilines is 1. The highest BCUT2D eigenvalue weighted by molar-refractivity contribution is 7.98. The van der Waals surface area contributed by atoms with Crippen molar-refractivity contribution in [1.82, 2.24) is 25.1 Å². The van der Waals surface area contributed by atoms with Crippen LogP contribution in [0.5, 0.6) is 0 Å². The van der Waals surface area contributed by atoms with Crippen molar-refractivity contribution in [3.05, 3.63) is 28.1 Å². The Morgan fingerprint density at radius 2 is 2.28 bits per heavy atom. The average Bonchev–Trinajstić information content (AvgIpc) is 2.80. The number of aromatic nitrogens is 5. The number of nitrogens with zero attached hydrogens (tertiary/aromatic N) is 3. The second-order valence-electron chi connectivity index (χ2n) is 3.34. The third kappa shape index (κ3) is 2.40. The van der Waals surface area contributed by atoms with Gasteiger partial charge in [-0.25, -0.2) is 9.89 Å². The quantitative estimate of drug-likeness (QED) is 0.538. The summed E-state index contributed by atoms with van der Waals surface area (Å²) >= 11 is 1.23. The molecule has 0 aliphatic rings. The van der Waals surface area contributed by atoms with E-state index in [1.807, 2.05) is 0 Å². The van der Waals surface area contributed by atoms with Gasteiger partial charge < -0.3 is 4.98 Å². The fraction of sp³-hybridized carbons (Fsp3) is 0.222. The molecule has 2 rings (SSSR count). The maximum Gasteiger partial charge on any atom is 0.346 e. The van der Waals surface area contributed by atoms with Crippen LogP contribution >= 0.6 is 11.8 Å². The summed E-state index contributed by atoms with van der Waals surface area (Å²) in [6.45, 7) is 1.64. The summed E-state index contributed by atoms with van der Waals surface area (Å²) < 4.78 is 0. The summed E-state index contributed by atoms with van der Waals surface area (Å²) in [7, 11) is 0. The number of hydrogen-bond acceptors (Lipinski definition) is 6. The Bertz CT molecular complexity index is 620. The van der Waals surface area contributed by atoms with E-state index in [1.165, 1.54) is 18.1 Å². The van der Waals surface area contributed by atoms with Gasteiger partial charge in [-0.15, -0.1) is 11.8 Å². The SMILES string of the molecule is CSc1nc(=O)[nH]c(C)c1C(=O)Nc1ncn[nH]1. The molecular weight excluding hydrogens is 256 g/mol. The Labute approximate surface area is 106 Å². The van der Waals surface area contributed by atoms with Crippen molar-refractivity contribution in [1.29, 1.82) is 0 Å². The first kappa shape index (κ1) is 12.3. The van der Waals surface area contributed by atoms with Crippen LogP contribution in [0.3, 0.4) is 0 Å². The molecule has 0 saturated heterocycles. The van der Waals surface area contributed by atoms with Crippen molar-refractivity contribution in [3.63, 3.8) is 0 Å². The van der Waals surface area contributed by atoms with Crippen molar-refractivity contribution in [2.24, 2.45) is 0 Å². The van der Waals surface area contributed by atoms with Gasteiger partial charge in [-0.1, -0.05) is 0 Å². The molecule has 2 aromatic rings. The molecule has 0 spiro atoms. The van der Waals surface area contributed by atoms with Crippen LogP contribution < -0.4 is 11.0 Å². The topological polar surface area (TPSA) is 116 Å². The molecule has 18 heavy (non-hydrogen) atoms. The second-order valence-corrected chi connectivity index (χ2v) is 4.13. The van der Waals surface area contributed by atoms with E-state index in [4.69, 9.17) is 0 Å². The van der Waals surface area contributed by atoms with Gasteiger partial charge in [0.15, 0.2) is 0 Å². The number of aryl methyl sites for hydroxylation is 1. The zero-order chi connectivity index (χ0) is 13.1. The third-order valence-electron chi connectivity index (χ3n) is 2.15. The Kier molecular flexibility index (Phi) is 3.42. The number of rotatable bonds is 3. The van der Waals surface area contributed by atoms with Gasteiger partial charge in [0.25, 0.3) is 5.91 Å². The smallest absolute Gasteiger partial charge is 0.309 e. The molecule has 9 heteroatoms. The average molecular weight is 266 g/mol. The van der Waals surface area contributed by atoms with Crippen LogP contribution in [-0.2, 0) is 0 Å². The van der Waals surface area contributed by atoms with Crippen LogP contribution in [0.2, 0.25) is 0 Å². The number of nitrogens with one attached hydrogen (secondary N) is 3. The first-order valence-electron chi connectivity index (χ1n) is 4.93. The minimum absolute atomic E-state index is 0.234. The summed E-state index contributed by atoms with van der Waals surface area (Å²) in [4.78, 5) is 33.3. The molecule has 0 aliphatic carbocycles. The largest absolute Gasteiger partial charge is 0.346 e. The fourth-order valence-corrected chi connectivity index (χ4v) is 2.03. The standard InChI is InChI=1S/C9H10N6O2S/c1-4-5(7(18-2)14-9(17)12-4)6(16)13-8-10-3-11-15-8/h3H,1-2H3,(H,12,14,17)(H2,10,11,13,15,16). The summed E-state index contributed by atoms with van der Waals surface area (Å²) in [6.07, 6.45) is 3.02. The predicted molar refractivity (Wildman–Crippen MR) is 65.7 cm³/mol. The van der Waals surface area contributed by atoms with E-state index in [0.29, 0.717) is 16.3 Å². The summed E-state index contributed by atoms with van der Waals surface area (Å²) in [5.74, 6) is -0.171. The number of amides is 1. The maximum absolute atomic E-state index is 12.0. The normalized spacial score (nSPS) is 10.3. The zero-order valence-corrected chi connectivity index (χ0v) is 10.5. The molecular formula is C9H10N6O2S. The minimum Gasteiger partial charge on any atom is -0.309 e. The van der Waals surface area contributed by atoms with Gasteiger partial charge in [0, 0.05) is 5.69 Å². The van der Waals surface area contributed by atoms with Crippen LogP contribution in [-0.4, -0.2) is 37.3 Å². The maximum atomic E-state index is 12.0. The highest BCUT2D eigenvalue weighted by atomic mass is 32.2. The first-order valence-corrected chi connectivity index (χ1v) is 6.16. The third-order valence-corrected chi connectivity index (χ3v) is 2.84. The Morgan fingerprint density at radius 1 is 1.50 bits per heavy atom. The van der Waals surface area contributed by atoms with E-state index in [-0.39, 0.29) is 5.95 Å². The molecule has 0 atom stereocenters. The van der Waals surface area contributed by atoms with Crippen molar-refractivity contribution in [2.75, 3.05) is 11.6 Å². The van der Waals surface area contributed by atoms with E-state index in [1.54, 1.807) is 13.2 Å². The van der Waals surface area contributed by atoms with Crippen LogP contribution in [0.15, 0.2) is 16.1 Å². The van der Waals surface area contributed by atoms with E-state index < -0.39 is 11.6 Å². The lowest BCUT2D eigenvalue weighted by Crippen LogP contribution is -2.22. The first-order chi connectivity index (χ1) is 8.61. The van der Waals surface area contributed by atoms with E-state index in [2.05, 4.69) is 30.5 Å².